The van der Waals surface area contributed by atoms with Crippen molar-refractivity contribution in [3.05, 3.63) is 100 Å². The predicted octanol–water partition coefficient (Wildman–Crippen LogP) is 7.59. The number of ether oxygens (including phenoxy) is 2. The summed E-state index contributed by atoms with van der Waals surface area (Å²) in [7, 11) is 0. The molecule has 0 bridgehead atoms. The lowest BCUT2D eigenvalue weighted by Gasteiger charge is -2.21. The Hall–Kier alpha value is -5.44. The van der Waals surface area contributed by atoms with Crippen LogP contribution >= 0.6 is 0 Å². The largest absolute Gasteiger partial charge is 0.461 e. The summed E-state index contributed by atoms with van der Waals surface area (Å²) >= 11 is 0. The van der Waals surface area contributed by atoms with Gasteiger partial charge < -0.3 is 25.1 Å². The fourth-order valence-corrected chi connectivity index (χ4v) is 6.54. The number of primary amides is 1. The first-order chi connectivity index (χ1) is 23.1. The minimum atomic E-state index is -0.805. The smallest absolute Gasteiger partial charge is 0.306 e. The fourth-order valence-electron chi connectivity index (χ4n) is 6.54. The van der Waals surface area contributed by atoms with Gasteiger partial charge in [0.15, 0.2) is 6.10 Å². The first-order valence-corrected chi connectivity index (χ1v) is 16.4. The van der Waals surface area contributed by atoms with Crippen LogP contribution < -0.4 is 10.6 Å². The van der Waals surface area contributed by atoms with E-state index in [0.29, 0.717) is 41.5 Å². The average Bonchev–Trinajstić information content (AvgIpc) is 3.60. The van der Waals surface area contributed by atoms with E-state index in [1.54, 1.807) is 6.07 Å². The van der Waals surface area contributed by atoms with Crippen molar-refractivity contribution < 1.29 is 28.7 Å². The van der Waals surface area contributed by atoms with E-state index in [1.165, 1.54) is 0 Å². The molecular weight excluding hydrogens is 606 g/mol. The minimum Gasteiger partial charge on any atom is -0.461 e. The summed E-state index contributed by atoms with van der Waals surface area (Å²) in [4.78, 5) is 56.1. The van der Waals surface area contributed by atoms with Crippen molar-refractivity contribution in [1.29, 1.82) is 0 Å². The lowest BCUT2D eigenvalue weighted by molar-refractivity contribution is -0.159. The molecule has 1 unspecified atom stereocenters. The van der Waals surface area contributed by atoms with Crippen molar-refractivity contribution in [1.82, 2.24) is 4.98 Å². The quantitative estimate of drug-likeness (QED) is 0.142. The van der Waals surface area contributed by atoms with E-state index < -0.39 is 12.0 Å². The van der Waals surface area contributed by atoms with Gasteiger partial charge in [0.2, 0.25) is 0 Å². The van der Waals surface area contributed by atoms with Crippen molar-refractivity contribution in [3.63, 3.8) is 0 Å². The molecule has 0 fully saturated rings. The maximum atomic E-state index is 13.5. The average molecular weight is 646 g/mol. The third kappa shape index (κ3) is 6.03. The van der Waals surface area contributed by atoms with Gasteiger partial charge in [0.05, 0.1) is 17.6 Å². The second-order valence-corrected chi connectivity index (χ2v) is 12.4. The van der Waals surface area contributed by atoms with E-state index in [9.17, 15) is 19.2 Å². The number of nitrogens with zero attached hydrogens (tertiary/aromatic N) is 1. The van der Waals surface area contributed by atoms with E-state index in [2.05, 4.69) is 4.98 Å². The number of rotatable bonds is 11. The summed E-state index contributed by atoms with van der Waals surface area (Å²) in [5.41, 5.74) is 14.4. The number of amides is 2. The first-order valence-electron chi connectivity index (χ1n) is 16.4. The summed E-state index contributed by atoms with van der Waals surface area (Å²) in [6.07, 6.45) is 0.983. The summed E-state index contributed by atoms with van der Waals surface area (Å²) in [5.74, 6) is -1.34. The zero-order chi connectivity index (χ0) is 34.1. The molecule has 9 heteroatoms. The summed E-state index contributed by atoms with van der Waals surface area (Å²) in [6, 6.07) is 21.1. The molecule has 0 saturated heterocycles. The molecule has 48 heavy (non-hydrogen) atoms. The number of nitrogens with two attached hydrogens (primary N) is 1. The van der Waals surface area contributed by atoms with Gasteiger partial charge in [0.1, 0.15) is 6.61 Å². The first kappa shape index (κ1) is 32.5. The molecule has 246 valence electrons. The monoisotopic (exact) mass is 645 g/mol. The molecule has 4 aromatic carbocycles. The van der Waals surface area contributed by atoms with Gasteiger partial charge in [-0.3, -0.25) is 19.2 Å². The lowest BCUT2D eigenvalue weighted by atomic mass is 9.93. The number of esters is 2. The number of hydrogen-bond donors (Lipinski definition) is 2. The second kappa shape index (κ2) is 13.4. The lowest BCUT2D eigenvalue weighted by Crippen LogP contribution is -2.24. The van der Waals surface area contributed by atoms with E-state index in [4.69, 9.17) is 15.2 Å². The Labute approximate surface area is 279 Å². The number of fused-ring (bicyclic) bond motifs is 4. The molecule has 0 spiro atoms. The fraction of sp³-hybridized carbons (Fsp3) is 0.282. The number of aryl methyl sites for hydroxylation is 1. The molecule has 0 aliphatic carbocycles. The highest BCUT2D eigenvalue weighted by atomic mass is 16.6. The SMILES string of the molecule is CCCC(=O)OCC(OC(=O)CCC)c1ccc2c(c1)[nH]c1c(C(N)=O)ccc(-c3cccc(N4Cc5ccc(C)cc5C4=O)c3C)c12. The van der Waals surface area contributed by atoms with Gasteiger partial charge in [-0.2, -0.15) is 0 Å². The van der Waals surface area contributed by atoms with Gasteiger partial charge in [-0.15, -0.1) is 0 Å². The molecule has 2 amide bonds. The molecule has 2 heterocycles. The van der Waals surface area contributed by atoms with E-state index >= 15 is 0 Å². The predicted molar refractivity (Wildman–Crippen MR) is 186 cm³/mol. The van der Waals surface area contributed by atoms with Crippen LogP contribution in [0.3, 0.4) is 0 Å². The maximum Gasteiger partial charge on any atom is 0.306 e. The summed E-state index contributed by atoms with van der Waals surface area (Å²) in [6.45, 7) is 8.14. The highest BCUT2D eigenvalue weighted by molar-refractivity contribution is 6.20. The van der Waals surface area contributed by atoms with E-state index in [0.717, 1.165) is 49.8 Å². The Kier molecular flexibility index (Phi) is 9.04. The van der Waals surface area contributed by atoms with Gasteiger partial charge in [0, 0.05) is 40.4 Å². The highest BCUT2D eigenvalue weighted by Gasteiger charge is 2.30. The molecule has 1 aromatic heterocycles. The van der Waals surface area contributed by atoms with Gasteiger partial charge in [0.25, 0.3) is 11.8 Å². The Balaban J connectivity index is 1.45. The number of carbonyl (C=O) groups is 4. The number of carbonyl (C=O) groups excluding carboxylic acids is 4. The zero-order valence-electron chi connectivity index (χ0n) is 27.6. The third-order valence-corrected chi connectivity index (χ3v) is 8.95. The number of hydrogen-bond acceptors (Lipinski definition) is 6. The van der Waals surface area contributed by atoms with E-state index in [1.807, 2.05) is 93.3 Å². The second-order valence-electron chi connectivity index (χ2n) is 12.4. The normalized spacial score (nSPS) is 13.2. The number of benzene rings is 4. The Morgan fingerprint density at radius 3 is 2.42 bits per heavy atom. The number of anilines is 1. The van der Waals surface area contributed by atoms with Gasteiger partial charge in [-0.1, -0.05) is 61.9 Å². The van der Waals surface area contributed by atoms with Crippen molar-refractivity contribution in [3.8, 4) is 11.1 Å². The highest BCUT2D eigenvalue weighted by Crippen LogP contribution is 2.41. The molecule has 6 rings (SSSR count). The van der Waals surface area contributed by atoms with Crippen LogP contribution in [0, 0.1) is 13.8 Å². The molecule has 1 aliphatic heterocycles. The van der Waals surface area contributed by atoms with Crippen LogP contribution in [-0.2, 0) is 25.6 Å². The number of H-pyrrole nitrogens is 1. The van der Waals surface area contributed by atoms with Crippen LogP contribution in [0.4, 0.5) is 5.69 Å². The van der Waals surface area contributed by atoms with E-state index in [-0.39, 0.29) is 37.3 Å². The zero-order valence-corrected chi connectivity index (χ0v) is 27.6. The molecule has 0 saturated carbocycles. The molecule has 1 atom stereocenters. The van der Waals surface area contributed by atoms with Crippen LogP contribution in [0.2, 0.25) is 0 Å². The Morgan fingerprint density at radius 2 is 1.67 bits per heavy atom. The number of nitrogens with one attached hydrogen (secondary N) is 1. The minimum absolute atomic E-state index is 0.0302. The molecular formula is C39H39N3O6. The standard InChI is InChI=1S/C39H39N3O6/c1-5-8-34(43)47-21-33(48-35(44)9-6-2)24-14-15-28-31(19-24)41-37-29(38(40)45)17-16-27(36(28)37)26-10-7-11-32(23(26)4)42-20-25-13-12-22(3)18-30(25)39(42)46/h7,10-19,33,41H,5-6,8-9,20-21H2,1-4H3,(H2,40,45). The van der Waals surface area contributed by atoms with Crippen LogP contribution in [0.1, 0.15) is 88.6 Å². The maximum absolute atomic E-state index is 13.5. The van der Waals surface area contributed by atoms with Crippen molar-refractivity contribution >= 4 is 51.2 Å². The van der Waals surface area contributed by atoms with Gasteiger partial charge in [-0.05, 0) is 78.8 Å². The topological polar surface area (TPSA) is 132 Å². The number of aromatic nitrogens is 1. The van der Waals surface area contributed by atoms with Crippen molar-refractivity contribution in [2.45, 2.75) is 66.0 Å². The molecule has 0 radical (unpaired) electrons. The third-order valence-electron chi connectivity index (χ3n) is 8.95. The Bertz CT molecular complexity index is 2100. The number of aromatic amines is 1. The van der Waals surface area contributed by atoms with Crippen LogP contribution in [0.15, 0.2) is 66.7 Å². The summed E-state index contributed by atoms with van der Waals surface area (Å²) < 4.78 is 11.2. The molecule has 5 aromatic rings. The van der Waals surface area contributed by atoms with Crippen LogP contribution in [0.5, 0.6) is 0 Å². The van der Waals surface area contributed by atoms with Gasteiger partial charge >= 0.3 is 11.9 Å². The van der Waals surface area contributed by atoms with Crippen LogP contribution in [0.25, 0.3) is 32.9 Å². The molecule has 3 N–H and O–H groups in total. The molecule has 1 aliphatic rings. The van der Waals surface area contributed by atoms with Crippen molar-refractivity contribution in [2.24, 2.45) is 5.73 Å². The van der Waals surface area contributed by atoms with Gasteiger partial charge in [-0.25, -0.2) is 0 Å². The van der Waals surface area contributed by atoms with Crippen LogP contribution in [-0.4, -0.2) is 35.3 Å². The van der Waals surface area contributed by atoms with Crippen molar-refractivity contribution in [2.75, 3.05) is 11.5 Å². The summed E-state index contributed by atoms with van der Waals surface area (Å²) in [5, 5.41) is 1.63. The Morgan fingerprint density at radius 1 is 0.896 bits per heavy atom. The molecule has 9 nitrogen and oxygen atoms in total.